The first-order valence-corrected chi connectivity index (χ1v) is 9.01. The van der Waals surface area contributed by atoms with E-state index in [2.05, 4.69) is 10.1 Å². The lowest BCUT2D eigenvalue weighted by molar-refractivity contribution is -0.132. The Balaban J connectivity index is 1.62. The van der Waals surface area contributed by atoms with Gasteiger partial charge in [0.15, 0.2) is 5.78 Å². The van der Waals surface area contributed by atoms with Gasteiger partial charge in [0.05, 0.1) is 33.4 Å². The van der Waals surface area contributed by atoms with Gasteiger partial charge >= 0.3 is 0 Å². The Bertz CT molecular complexity index is 764. The van der Waals surface area contributed by atoms with Gasteiger partial charge in [-0.2, -0.15) is 5.10 Å². The predicted octanol–water partition coefficient (Wildman–Crippen LogP) is 2.68. The second-order valence-electron chi connectivity index (χ2n) is 6.28. The van der Waals surface area contributed by atoms with Gasteiger partial charge in [0, 0.05) is 33.1 Å². The van der Waals surface area contributed by atoms with E-state index in [-0.39, 0.29) is 30.6 Å². The smallest absolute Gasteiger partial charge is 0.223 e. The van der Waals surface area contributed by atoms with E-state index in [1.54, 1.807) is 40.4 Å². The zero-order valence-corrected chi connectivity index (χ0v) is 15.1. The van der Waals surface area contributed by atoms with Gasteiger partial charge in [-0.25, -0.2) is 4.98 Å². The number of aryl methyl sites for hydroxylation is 3. The van der Waals surface area contributed by atoms with Crippen LogP contribution in [0.15, 0.2) is 12.4 Å². The van der Waals surface area contributed by atoms with Crippen LogP contribution in [0.2, 0.25) is 0 Å². The number of rotatable bonds is 5. The Morgan fingerprint density at radius 3 is 2.92 bits per heavy atom. The standard InChI is InChI=1S/C17H22N4O2S/c1-11-19-13-5-4-6-14(17(13)24-11)21(3)16(23)8-7-15(22)12-9-18-20(2)10-12/h9-10,14H,4-8H2,1-3H3. The SMILES string of the molecule is Cc1nc2c(s1)C(N(C)C(=O)CCC(=O)c1cnn(C)c1)CCC2. The van der Waals surface area contributed by atoms with Crippen LogP contribution >= 0.6 is 11.3 Å². The molecule has 0 saturated heterocycles. The number of hydrogen-bond acceptors (Lipinski definition) is 5. The molecule has 24 heavy (non-hydrogen) atoms. The minimum atomic E-state index is -0.0391. The zero-order valence-electron chi connectivity index (χ0n) is 14.3. The number of hydrogen-bond donors (Lipinski definition) is 0. The van der Waals surface area contributed by atoms with Crippen molar-refractivity contribution in [2.45, 2.75) is 45.1 Å². The van der Waals surface area contributed by atoms with Crippen LogP contribution in [-0.2, 0) is 18.3 Å². The molecule has 0 N–H and O–H groups in total. The molecule has 1 atom stereocenters. The van der Waals surface area contributed by atoms with Gasteiger partial charge in [0.2, 0.25) is 5.91 Å². The summed E-state index contributed by atoms with van der Waals surface area (Å²) in [5, 5.41) is 5.05. The number of carbonyl (C=O) groups excluding carboxylic acids is 2. The third kappa shape index (κ3) is 3.40. The molecule has 6 nitrogen and oxygen atoms in total. The average Bonchev–Trinajstić information content (AvgIpc) is 3.15. The van der Waals surface area contributed by atoms with Crippen LogP contribution < -0.4 is 0 Å². The van der Waals surface area contributed by atoms with Crippen molar-refractivity contribution in [1.82, 2.24) is 19.7 Å². The van der Waals surface area contributed by atoms with E-state index in [0.717, 1.165) is 30.0 Å². The topological polar surface area (TPSA) is 68.1 Å². The van der Waals surface area contributed by atoms with Crippen LogP contribution in [0.4, 0.5) is 0 Å². The van der Waals surface area contributed by atoms with Crippen molar-refractivity contribution in [3.63, 3.8) is 0 Å². The van der Waals surface area contributed by atoms with Crippen molar-refractivity contribution < 1.29 is 9.59 Å². The normalized spacial score (nSPS) is 16.7. The van der Waals surface area contributed by atoms with Crippen LogP contribution in [0.3, 0.4) is 0 Å². The molecule has 128 valence electrons. The first-order valence-electron chi connectivity index (χ1n) is 8.19. The van der Waals surface area contributed by atoms with Gasteiger partial charge in [-0.1, -0.05) is 0 Å². The molecule has 0 fully saturated rings. The molecule has 0 aromatic carbocycles. The van der Waals surface area contributed by atoms with Crippen molar-refractivity contribution in [3.05, 3.63) is 33.5 Å². The van der Waals surface area contributed by atoms with Crippen molar-refractivity contribution in [2.75, 3.05) is 7.05 Å². The summed E-state index contributed by atoms with van der Waals surface area (Å²) in [7, 11) is 3.61. The summed E-state index contributed by atoms with van der Waals surface area (Å²) >= 11 is 1.69. The van der Waals surface area contributed by atoms with Gasteiger partial charge in [0.25, 0.3) is 0 Å². The molecule has 0 bridgehead atoms. The number of nitrogens with zero attached hydrogens (tertiary/aromatic N) is 4. The highest BCUT2D eigenvalue weighted by molar-refractivity contribution is 7.11. The molecule has 2 aromatic heterocycles. The monoisotopic (exact) mass is 346 g/mol. The third-order valence-electron chi connectivity index (χ3n) is 4.48. The third-order valence-corrected chi connectivity index (χ3v) is 5.60. The fraction of sp³-hybridized carbons (Fsp3) is 0.529. The summed E-state index contributed by atoms with van der Waals surface area (Å²) in [5.74, 6) is -0.0287. The molecule has 0 saturated carbocycles. The lowest BCUT2D eigenvalue weighted by Gasteiger charge is -2.30. The summed E-state index contributed by atoms with van der Waals surface area (Å²) in [5.41, 5.74) is 1.70. The molecule has 3 rings (SSSR count). The Morgan fingerprint density at radius 1 is 1.42 bits per heavy atom. The molecule has 0 radical (unpaired) electrons. The van der Waals surface area contributed by atoms with E-state index in [1.807, 2.05) is 14.0 Å². The molecule has 0 spiro atoms. The molecule has 7 heteroatoms. The summed E-state index contributed by atoms with van der Waals surface area (Å²) in [6.45, 7) is 2.01. The summed E-state index contributed by atoms with van der Waals surface area (Å²) in [4.78, 5) is 32.3. The number of thiazole rings is 1. The van der Waals surface area contributed by atoms with Crippen LogP contribution in [0.1, 0.15) is 57.7 Å². The fourth-order valence-electron chi connectivity index (χ4n) is 3.17. The highest BCUT2D eigenvalue weighted by Crippen LogP contribution is 2.37. The van der Waals surface area contributed by atoms with Crippen molar-refractivity contribution in [2.24, 2.45) is 7.05 Å². The van der Waals surface area contributed by atoms with E-state index in [1.165, 1.54) is 4.88 Å². The Labute approximate surface area is 145 Å². The number of amides is 1. The molecule has 1 aliphatic rings. The molecule has 1 amide bonds. The van der Waals surface area contributed by atoms with Gasteiger partial charge in [-0.3, -0.25) is 14.3 Å². The molecule has 1 aliphatic carbocycles. The zero-order chi connectivity index (χ0) is 17.3. The highest BCUT2D eigenvalue weighted by Gasteiger charge is 2.29. The van der Waals surface area contributed by atoms with Crippen LogP contribution in [0.25, 0.3) is 0 Å². The van der Waals surface area contributed by atoms with E-state index < -0.39 is 0 Å². The summed E-state index contributed by atoms with van der Waals surface area (Å²) < 4.78 is 1.59. The second-order valence-corrected chi connectivity index (χ2v) is 7.52. The van der Waals surface area contributed by atoms with Gasteiger partial charge in [-0.15, -0.1) is 11.3 Å². The number of fused-ring (bicyclic) bond motifs is 1. The average molecular weight is 346 g/mol. The summed E-state index contributed by atoms with van der Waals surface area (Å²) in [6, 6.07) is 0.0981. The maximum atomic E-state index is 12.5. The van der Waals surface area contributed by atoms with Crippen LogP contribution in [0.5, 0.6) is 0 Å². The maximum absolute atomic E-state index is 12.5. The van der Waals surface area contributed by atoms with Crippen LogP contribution in [-0.4, -0.2) is 38.4 Å². The maximum Gasteiger partial charge on any atom is 0.223 e. The van der Waals surface area contributed by atoms with Gasteiger partial charge < -0.3 is 4.90 Å². The molecule has 2 aromatic rings. The van der Waals surface area contributed by atoms with E-state index in [4.69, 9.17) is 0 Å². The van der Waals surface area contributed by atoms with E-state index in [0.29, 0.717) is 5.56 Å². The lowest BCUT2D eigenvalue weighted by Crippen LogP contribution is -2.33. The summed E-state index contributed by atoms with van der Waals surface area (Å²) in [6.07, 6.45) is 6.69. The Morgan fingerprint density at radius 2 is 2.21 bits per heavy atom. The number of aromatic nitrogens is 3. The first kappa shape index (κ1) is 16.8. The first-order chi connectivity index (χ1) is 11.5. The minimum Gasteiger partial charge on any atom is -0.338 e. The Kier molecular flexibility index (Phi) is 4.80. The highest BCUT2D eigenvalue weighted by atomic mass is 32.1. The lowest BCUT2D eigenvalue weighted by atomic mass is 9.96. The second kappa shape index (κ2) is 6.84. The van der Waals surface area contributed by atoms with E-state index in [9.17, 15) is 9.59 Å². The number of Topliss-reactive ketones (excluding diaryl/α,β-unsaturated/α-hetero) is 1. The van der Waals surface area contributed by atoms with E-state index >= 15 is 0 Å². The van der Waals surface area contributed by atoms with Gasteiger partial charge in [0.1, 0.15) is 0 Å². The van der Waals surface area contributed by atoms with Crippen LogP contribution in [0, 0.1) is 6.92 Å². The molecule has 2 heterocycles. The fourth-order valence-corrected chi connectivity index (χ4v) is 4.32. The molecular formula is C17H22N4O2S. The molecular weight excluding hydrogens is 324 g/mol. The number of carbonyl (C=O) groups is 2. The largest absolute Gasteiger partial charge is 0.338 e. The van der Waals surface area contributed by atoms with Crippen molar-refractivity contribution in [1.29, 1.82) is 0 Å². The van der Waals surface area contributed by atoms with Crippen molar-refractivity contribution >= 4 is 23.0 Å². The quantitative estimate of drug-likeness (QED) is 0.781. The molecule has 0 aliphatic heterocycles. The van der Waals surface area contributed by atoms with Gasteiger partial charge in [-0.05, 0) is 26.2 Å². The number of ketones is 1. The minimum absolute atomic E-state index is 0.0103. The van der Waals surface area contributed by atoms with Crippen molar-refractivity contribution in [3.8, 4) is 0 Å². The predicted molar refractivity (Wildman–Crippen MR) is 92.1 cm³/mol. The Hall–Kier alpha value is -2.02. The molecule has 1 unspecified atom stereocenters.